The first kappa shape index (κ1) is 32.3. The average Bonchev–Trinajstić information content (AvgIpc) is 3.37. The summed E-state index contributed by atoms with van der Waals surface area (Å²) in [6.07, 6.45) is -4.41. The minimum Gasteiger partial charge on any atom is -0.446 e. The first-order valence-corrected chi connectivity index (χ1v) is 14.6. The zero-order chi connectivity index (χ0) is 31.5. The molecule has 0 spiro atoms. The number of hydrogen-bond acceptors (Lipinski definition) is 5. The molecule has 0 fully saturated rings. The van der Waals surface area contributed by atoms with Gasteiger partial charge in [0.25, 0.3) is 5.91 Å². The van der Waals surface area contributed by atoms with Gasteiger partial charge in [-0.25, -0.2) is 4.79 Å². The number of carbonyl (C=O) groups excluding carboxylic acids is 3. The van der Waals surface area contributed by atoms with Crippen LogP contribution >= 0.6 is 11.6 Å². The van der Waals surface area contributed by atoms with Crippen LogP contribution in [0.15, 0.2) is 48.7 Å². The van der Waals surface area contributed by atoms with Crippen molar-refractivity contribution in [3.8, 4) is 0 Å². The van der Waals surface area contributed by atoms with Gasteiger partial charge in [0, 0.05) is 46.8 Å². The van der Waals surface area contributed by atoms with Crippen LogP contribution in [-0.4, -0.2) is 73.2 Å². The zero-order valence-corrected chi connectivity index (χ0v) is 25.3. The highest BCUT2D eigenvalue weighted by molar-refractivity contribution is 6.30. The molecule has 2 aromatic carbocycles. The predicted molar refractivity (Wildman–Crippen MR) is 159 cm³/mol. The lowest BCUT2D eigenvalue weighted by Crippen LogP contribution is -2.56. The Morgan fingerprint density at radius 2 is 1.91 bits per heavy atom. The highest BCUT2D eigenvalue weighted by Gasteiger charge is 2.44. The van der Waals surface area contributed by atoms with Crippen LogP contribution in [0.5, 0.6) is 0 Å². The minimum atomic E-state index is -5.26. The number of anilines is 1. The van der Waals surface area contributed by atoms with Crippen LogP contribution < -0.4 is 10.2 Å². The Labute approximate surface area is 253 Å². The van der Waals surface area contributed by atoms with Crippen LogP contribution in [0, 0.1) is 5.92 Å². The van der Waals surface area contributed by atoms with Crippen molar-refractivity contribution in [3.63, 3.8) is 0 Å². The van der Waals surface area contributed by atoms with Gasteiger partial charge in [0.1, 0.15) is 6.04 Å². The Kier molecular flexibility index (Phi) is 10.1. The Morgan fingerprint density at radius 1 is 1.19 bits per heavy atom. The van der Waals surface area contributed by atoms with Gasteiger partial charge in [-0.05, 0) is 68.2 Å². The standard InChI is InChI=1S/C31H36ClF3N4O4/c1-5-8-26(43-30(42)31(33,34)35)28(40)37-27(18(2)23-15-36-24-10-7-6-9-22(23)24)29(41)39-17-19(16-38(3)4)13-20-14-21(32)11-12-25(20)39/h6-7,9-12,14-15,18-19,26-27,36H,5,8,13,16-17H2,1-4H3,(H,37,40)/t18?,19-,26?,27?/m1/s1. The number of benzene rings is 2. The molecule has 2 N–H and O–H groups in total. The van der Waals surface area contributed by atoms with Crippen molar-refractivity contribution in [1.29, 1.82) is 0 Å². The normalized spacial score (nSPS) is 17.3. The molecule has 0 saturated heterocycles. The molecular formula is C31H36ClF3N4O4. The number of H-pyrrole nitrogens is 1. The van der Waals surface area contributed by atoms with Gasteiger partial charge in [-0.2, -0.15) is 13.2 Å². The van der Waals surface area contributed by atoms with Crippen LogP contribution in [0.25, 0.3) is 10.9 Å². The highest BCUT2D eigenvalue weighted by Crippen LogP contribution is 2.35. The quantitative estimate of drug-likeness (QED) is 0.294. The van der Waals surface area contributed by atoms with Crippen LogP contribution in [0.4, 0.5) is 18.9 Å². The van der Waals surface area contributed by atoms with E-state index in [0.717, 1.165) is 22.0 Å². The second kappa shape index (κ2) is 13.4. The summed E-state index contributed by atoms with van der Waals surface area (Å²) in [4.78, 5) is 46.5. The number of esters is 1. The van der Waals surface area contributed by atoms with Gasteiger partial charge in [-0.3, -0.25) is 9.59 Å². The van der Waals surface area contributed by atoms with Gasteiger partial charge < -0.3 is 24.8 Å². The molecule has 0 saturated carbocycles. The minimum absolute atomic E-state index is 0.0604. The summed E-state index contributed by atoms with van der Waals surface area (Å²) >= 11 is 6.30. The summed E-state index contributed by atoms with van der Waals surface area (Å²) in [6, 6.07) is 11.6. The number of para-hydroxylation sites is 1. The van der Waals surface area contributed by atoms with Crippen LogP contribution in [0.3, 0.4) is 0 Å². The largest absolute Gasteiger partial charge is 0.490 e. The van der Waals surface area contributed by atoms with E-state index < -0.39 is 42.0 Å². The number of ether oxygens (including phenoxy) is 1. The predicted octanol–water partition coefficient (Wildman–Crippen LogP) is 5.45. The monoisotopic (exact) mass is 620 g/mol. The molecule has 2 amide bonds. The molecule has 1 aliphatic heterocycles. The molecule has 2 heterocycles. The summed E-state index contributed by atoms with van der Waals surface area (Å²) in [5, 5.41) is 4.05. The van der Waals surface area contributed by atoms with E-state index in [9.17, 15) is 27.6 Å². The van der Waals surface area contributed by atoms with Gasteiger partial charge in [0.2, 0.25) is 5.91 Å². The number of carbonyl (C=O) groups is 3. The topological polar surface area (TPSA) is 94.7 Å². The van der Waals surface area contributed by atoms with Gasteiger partial charge in [0.15, 0.2) is 6.10 Å². The maximum absolute atomic E-state index is 14.5. The molecule has 12 heteroatoms. The third kappa shape index (κ3) is 7.51. The summed E-state index contributed by atoms with van der Waals surface area (Å²) in [5.41, 5.74) is 3.11. The lowest BCUT2D eigenvalue weighted by atomic mass is 9.88. The number of rotatable bonds is 10. The average molecular weight is 621 g/mol. The number of aromatic nitrogens is 1. The third-order valence-corrected chi connectivity index (χ3v) is 7.91. The van der Waals surface area contributed by atoms with E-state index in [1.165, 1.54) is 0 Å². The van der Waals surface area contributed by atoms with Crippen LogP contribution in [-0.2, 0) is 25.5 Å². The van der Waals surface area contributed by atoms with Crippen molar-refractivity contribution >= 4 is 46.0 Å². The van der Waals surface area contributed by atoms with E-state index in [-0.39, 0.29) is 18.8 Å². The molecule has 0 radical (unpaired) electrons. The molecule has 3 unspecified atom stereocenters. The van der Waals surface area contributed by atoms with Crippen LogP contribution in [0.2, 0.25) is 5.02 Å². The number of aromatic amines is 1. The van der Waals surface area contributed by atoms with Crippen molar-refractivity contribution in [2.24, 2.45) is 5.92 Å². The van der Waals surface area contributed by atoms with E-state index in [1.54, 1.807) is 37.1 Å². The number of hydrogen-bond donors (Lipinski definition) is 2. The van der Waals surface area contributed by atoms with Gasteiger partial charge >= 0.3 is 12.1 Å². The third-order valence-electron chi connectivity index (χ3n) is 7.67. The Morgan fingerprint density at radius 3 is 2.58 bits per heavy atom. The molecule has 1 aromatic heterocycles. The first-order chi connectivity index (χ1) is 20.3. The molecule has 1 aliphatic rings. The van der Waals surface area contributed by atoms with E-state index in [1.807, 2.05) is 49.3 Å². The van der Waals surface area contributed by atoms with E-state index >= 15 is 0 Å². The molecule has 8 nitrogen and oxygen atoms in total. The summed E-state index contributed by atoms with van der Waals surface area (Å²) in [5.74, 6) is -4.41. The highest BCUT2D eigenvalue weighted by atomic mass is 35.5. The Bertz CT molecular complexity index is 1470. The molecule has 3 aromatic rings. The van der Waals surface area contributed by atoms with Gasteiger partial charge in [-0.15, -0.1) is 0 Å². The Balaban J connectivity index is 1.74. The van der Waals surface area contributed by atoms with E-state index in [2.05, 4.69) is 15.0 Å². The number of halogens is 4. The van der Waals surface area contributed by atoms with Crippen molar-refractivity contribution < 1.29 is 32.3 Å². The number of nitrogens with one attached hydrogen (secondary N) is 2. The molecule has 43 heavy (non-hydrogen) atoms. The fraction of sp³-hybridized carbons (Fsp3) is 0.452. The van der Waals surface area contributed by atoms with Crippen molar-refractivity contribution in [3.05, 3.63) is 64.8 Å². The van der Waals surface area contributed by atoms with Crippen molar-refractivity contribution in [2.45, 2.75) is 57.3 Å². The van der Waals surface area contributed by atoms with Crippen molar-refractivity contribution in [1.82, 2.24) is 15.2 Å². The number of nitrogens with zero attached hydrogens (tertiary/aromatic N) is 2. The lowest BCUT2D eigenvalue weighted by Gasteiger charge is -2.39. The molecule has 0 aliphatic carbocycles. The SMILES string of the molecule is CCCC(OC(=O)C(F)(F)F)C(=O)NC(C(=O)N1C[C@@H](CN(C)C)Cc2cc(Cl)ccc21)C(C)c1c[nH]c2ccccc12. The fourth-order valence-corrected chi connectivity index (χ4v) is 5.92. The summed E-state index contributed by atoms with van der Waals surface area (Å²) in [6.45, 7) is 4.48. The number of amides is 2. The number of fused-ring (bicyclic) bond motifs is 2. The molecule has 4 rings (SSSR count). The second-order valence-corrected chi connectivity index (χ2v) is 11.7. The molecule has 0 bridgehead atoms. The van der Waals surface area contributed by atoms with Crippen molar-refractivity contribution in [2.75, 3.05) is 32.1 Å². The maximum Gasteiger partial charge on any atom is 0.490 e. The second-order valence-electron chi connectivity index (χ2n) is 11.3. The van der Waals surface area contributed by atoms with Gasteiger partial charge in [0.05, 0.1) is 0 Å². The smallest absolute Gasteiger partial charge is 0.446 e. The zero-order valence-electron chi connectivity index (χ0n) is 24.5. The fourth-order valence-electron chi connectivity index (χ4n) is 5.73. The summed E-state index contributed by atoms with van der Waals surface area (Å²) < 4.78 is 43.7. The van der Waals surface area contributed by atoms with E-state index in [4.69, 9.17) is 11.6 Å². The van der Waals surface area contributed by atoms with Crippen LogP contribution in [0.1, 0.15) is 43.7 Å². The molecule has 4 atom stereocenters. The molecule has 232 valence electrons. The first-order valence-electron chi connectivity index (χ1n) is 14.2. The van der Waals surface area contributed by atoms with Gasteiger partial charge in [-0.1, -0.05) is 50.1 Å². The lowest BCUT2D eigenvalue weighted by molar-refractivity contribution is -0.205. The van der Waals surface area contributed by atoms with E-state index in [0.29, 0.717) is 30.2 Å². The molecular weight excluding hydrogens is 585 g/mol. The number of alkyl halides is 3. The maximum atomic E-state index is 14.5. The summed E-state index contributed by atoms with van der Waals surface area (Å²) in [7, 11) is 3.88. The Hall–Kier alpha value is -3.57.